The van der Waals surface area contributed by atoms with Gasteiger partial charge in [0.15, 0.2) is 0 Å². The van der Waals surface area contributed by atoms with E-state index in [1.165, 1.54) is 24.3 Å². The molecule has 2 aromatic rings. The van der Waals surface area contributed by atoms with Gasteiger partial charge in [0.25, 0.3) is 10.0 Å². The third-order valence-electron chi connectivity index (χ3n) is 4.82. The molecule has 1 amide bonds. The fraction of sp³-hybridized carbons (Fsp3) is 0.381. The van der Waals surface area contributed by atoms with Crippen molar-refractivity contribution in [1.29, 1.82) is 0 Å². The van der Waals surface area contributed by atoms with Gasteiger partial charge in [0.2, 0.25) is 5.91 Å². The van der Waals surface area contributed by atoms with E-state index in [1.807, 2.05) is 6.92 Å². The van der Waals surface area contributed by atoms with Gasteiger partial charge in [-0.1, -0.05) is 23.7 Å². The summed E-state index contributed by atoms with van der Waals surface area (Å²) in [5, 5.41) is 0.439. The van der Waals surface area contributed by atoms with E-state index in [0.717, 1.165) is 23.6 Å². The topological polar surface area (TPSA) is 66.9 Å². The normalized spacial score (nSPS) is 14.5. The summed E-state index contributed by atoms with van der Waals surface area (Å²) in [6.45, 7) is 3.23. The minimum absolute atomic E-state index is 0.0691. The molecule has 29 heavy (non-hydrogen) atoms. The Morgan fingerprint density at radius 2 is 1.72 bits per heavy atom. The van der Waals surface area contributed by atoms with Crippen LogP contribution in [0.3, 0.4) is 0 Å². The number of rotatable bonds is 7. The van der Waals surface area contributed by atoms with Crippen LogP contribution < -0.4 is 9.04 Å². The molecule has 1 saturated heterocycles. The maximum absolute atomic E-state index is 13.5. The fourth-order valence-electron chi connectivity index (χ4n) is 3.34. The van der Waals surface area contributed by atoms with Crippen LogP contribution in [0.25, 0.3) is 0 Å². The van der Waals surface area contributed by atoms with E-state index in [-0.39, 0.29) is 17.3 Å². The first-order chi connectivity index (χ1) is 13.9. The Bertz CT molecular complexity index is 941. The second-order valence-electron chi connectivity index (χ2n) is 6.81. The number of anilines is 1. The van der Waals surface area contributed by atoms with Gasteiger partial charge in [-0.25, -0.2) is 8.42 Å². The van der Waals surface area contributed by atoms with Crippen molar-refractivity contribution < 1.29 is 17.9 Å². The van der Waals surface area contributed by atoms with Gasteiger partial charge in [0.05, 0.1) is 17.2 Å². The Kier molecular flexibility index (Phi) is 7.03. The molecule has 1 fully saturated rings. The van der Waals surface area contributed by atoms with Crippen LogP contribution in [-0.4, -0.2) is 45.5 Å². The van der Waals surface area contributed by atoms with E-state index < -0.39 is 10.0 Å². The maximum atomic E-state index is 13.5. The summed E-state index contributed by atoms with van der Waals surface area (Å²) in [6.07, 6.45) is 2.96. The molecule has 0 unspecified atom stereocenters. The second kappa shape index (κ2) is 9.50. The molecule has 0 aromatic heterocycles. The Morgan fingerprint density at radius 3 is 2.38 bits per heavy atom. The maximum Gasteiger partial charge on any atom is 0.264 e. The Morgan fingerprint density at radius 1 is 1.07 bits per heavy atom. The molecule has 156 valence electrons. The number of amides is 1. The molecule has 0 N–H and O–H groups in total. The summed E-state index contributed by atoms with van der Waals surface area (Å²) in [5.74, 6) is 0.201. The summed E-state index contributed by atoms with van der Waals surface area (Å²) in [6, 6.07) is 12.8. The number of carbonyl (C=O) groups is 1. The fourth-order valence-corrected chi connectivity index (χ4v) is 4.89. The molecular weight excluding hydrogens is 412 g/mol. The molecule has 0 aliphatic carbocycles. The number of hydrogen-bond acceptors (Lipinski definition) is 4. The number of sulfonamides is 1. The predicted octanol–water partition coefficient (Wildman–Crippen LogP) is 3.95. The van der Waals surface area contributed by atoms with Crippen molar-refractivity contribution in [1.82, 2.24) is 4.90 Å². The molecule has 0 spiro atoms. The number of carbonyl (C=O) groups excluding carboxylic acids is 1. The first-order valence-corrected chi connectivity index (χ1v) is 11.5. The zero-order chi connectivity index (χ0) is 20.9. The third kappa shape index (κ3) is 5.03. The highest BCUT2D eigenvalue weighted by Gasteiger charge is 2.31. The van der Waals surface area contributed by atoms with Crippen LogP contribution in [0, 0.1) is 0 Å². The number of halogens is 1. The number of para-hydroxylation sites is 2. The van der Waals surface area contributed by atoms with Gasteiger partial charge in [-0.2, -0.15) is 0 Å². The van der Waals surface area contributed by atoms with Crippen LogP contribution in [-0.2, 0) is 14.8 Å². The molecular formula is C21H25ClN2O4S. The van der Waals surface area contributed by atoms with E-state index >= 15 is 0 Å². The van der Waals surface area contributed by atoms with Gasteiger partial charge in [-0.05, 0) is 62.6 Å². The Hall–Kier alpha value is -2.25. The molecule has 3 rings (SSSR count). The van der Waals surface area contributed by atoms with Gasteiger partial charge >= 0.3 is 0 Å². The van der Waals surface area contributed by atoms with Crippen molar-refractivity contribution in [3.8, 4) is 5.75 Å². The first kappa shape index (κ1) is 21.5. The highest BCUT2D eigenvalue weighted by atomic mass is 35.5. The van der Waals surface area contributed by atoms with Gasteiger partial charge in [-0.3, -0.25) is 9.10 Å². The van der Waals surface area contributed by atoms with Crippen LogP contribution in [0.5, 0.6) is 5.75 Å². The van der Waals surface area contributed by atoms with Crippen LogP contribution in [0.1, 0.15) is 26.2 Å². The molecule has 0 saturated carbocycles. The summed E-state index contributed by atoms with van der Waals surface area (Å²) in [5.41, 5.74) is 0.342. The second-order valence-corrected chi connectivity index (χ2v) is 9.11. The average molecular weight is 437 g/mol. The molecule has 0 radical (unpaired) electrons. The number of piperidine rings is 1. The van der Waals surface area contributed by atoms with Gasteiger partial charge in [-0.15, -0.1) is 0 Å². The molecule has 0 bridgehead atoms. The number of hydrogen-bond donors (Lipinski definition) is 0. The minimum Gasteiger partial charge on any atom is -0.492 e. The van der Waals surface area contributed by atoms with Gasteiger partial charge in [0, 0.05) is 18.1 Å². The number of benzene rings is 2. The van der Waals surface area contributed by atoms with E-state index in [2.05, 4.69) is 0 Å². The smallest absolute Gasteiger partial charge is 0.264 e. The largest absolute Gasteiger partial charge is 0.492 e. The summed E-state index contributed by atoms with van der Waals surface area (Å²) < 4.78 is 33.7. The monoisotopic (exact) mass is 436 g/mol. The predicted molar refractivity (Wildman–Crippen MR) is 114 cm³/mol. The summed E-state index contributed by atoms with van der Waals surface area (Å²) in [4.78, 5) is 14.7. The minimum atomic E-state index is -4.00. The van der Waals surface area contributed by atoms with Crippen molar-refractivity contribution in [2.24, 2.45) is 0 Å². The SMILES string of the molecule is CCOc1ccccc1N(CC(=O)N1CCCCC1)S(=O)(=O)c1ccc(Cl)cc1. The van der Waals surface area contributed by atoms with Crippen molar-refractivity contribution >= 4 is 33.2 Å². The summed E-state index contributed by atoms with van der Waals surface area (Å²) in [7, 11) is -4.00. The van der Waals surface area contributed by atoms with E-state index in [0.29, 0.717) is 36.2 Å². The van der Waals surface area contributed by atoms with Crippen LogP contribution in [0.2, 0.25) is 5.02 Å². The average Bonchev–Trinajstić information content (AvgIpc) is 2.73. The lowest BCUT2D eigenvalue weighted by atomic mass is 10.1. The zero-order valence-electron chi connectivity index (χ0n) is 16.4. The van der Waals surface area contributed by atoms with E-state index in [1.54, 1.807) is 29.2 Å². The van der Waals surface area contributed by atoms with Crippen molar-refractivity contribution in [3.63, 3.8) is 0 Å². The number of nitrogens with zero attached hydrogens (tertiary/aromatic N) is 2. The van der Waals surface area contributed by atoms with Crippen molar-refractivity contribution in [2.75, 3.05) is 30.5 Å². The van der Waals surface area contributed by atoms with Crippen molar-refractivity contribution in [3.05, 3.63) is 53.6 Å². The number of ether oxygens (including phenoxy) is 1. The Labute approximate surface area is 177 Å². The molecule has 1 aliphatic heterocycles. The third-order valence-corrected chi connectivity index (χ3v) is 6.85. The van der Waals surface area contributed by atoms with Crippen LogP contribution in [0.4, 0.5) is 5.69 Å². The molecule has 1 aliphatic rings. The van der Waals surface area contributed by atoms with Crippen LogP contribution in [0.15, 0.2) is 53.4 Å². The number of likely N-dealkylation sites (tertiary alicyclic amines) is 1. The lowest BCUT2D eigenvalue weighted by molar-refractivity contribution is -0.130. The zero-order valence-corrected chi connectivity index (χ0v) is 18.0. The Balaban J connectivity index is 2.01. The highest BCUT2D eigenvalue weighted by molar-refractivity contribution is 7.92. The lowest BCUT2D eigenvalue weighted by Crippen LogP contribution is -2.45. The quantitative estimate of drug-likeness (QED) is 0.659. The molecule has 8 heteroatoms. The van der Waals surface area contributed by atoms with Gasteiger partial charge < -0.3 is 9.64 Å². The van der Waals surface area contributed by atoms with Crippen molar-refractivity contribution in [2.45, 2.75) is 31.1 Å². The lowest BCUT2D eigenvalue weighted by Gasteiger charge is -2.31. The van der Waals surface area contributed by atoms with Crippen LogP contribution >= 0.6 is 11.6 Å². The van der Waals surface area contributed by atoms with E-state index in [9.17, 15) is 13.2 Å². The molecule has 0 atom stereocenters. The highest BCUT2D eigenvalue weighted by Crippen LogP contribution is 2.33. The molecule has 6 nitrogen and oxygen atoms in total. The standard InChI is InChI=1S/C21H25ClN2O4S/c1-2-28-20-9-5-4-8-19(20)24(16-21(25)23-14-6-3-7-15-23)29(26,27)18-12-10-17(22)11-13-18/h4-5,8-13H,2-3,6-7,14-16H2,1H3. The molecule has 2 aromatic carbocycles. The first-order valence-electron chi connectivity index (χ1n) is 9.71. The van der Waals surface area contributed by atoms with E-state index in [4.69, 9.17) is 16.3 Å². The molecule has 1 heterocycles. The van der Waals surface area contributed by atoms with Gasteiger partial charge in [0.1, 0.15) is 12.3 Å². The summed E-state index contributed by atoms with van der Waals surface area (Å²) >= 11 is 5.92.